The van der Waals surface area contributed by atoms with Crippen molar-refractivity contribution < 1.29 is 39.7 Å². The van der Waals surface area contributed by atoms with E-state index in [1.807, 2.05) is 0 Å². The van der Waals surface area contributed by atoms with Crippen LogP contribution in [0.25, 0.3) is 0 Å². The first kappa shape index (κ1) is 19.1. The van der Waals surface area contributed by atoms with E-state index in [2.05, 4.69) is 9.97 Å². The number of anilines is 1. The van der Waals surface area contributed by atoms with Crippen molar-refractivity contribution >= 4 is 5.95 Å². The highest BCUT2D eigenvalue weighted by molar-refractivity contribution is 5.10. The zero-order valence-corrected chi connectivity index (χ0v) is 13.4. The number of hydrogen-bond donors (Lipinski definition) is 6. The molecule has 3 heterocycles. The average molecular weight is 376 g/mol. The van der Waals surface area contributed by atoms with E-state index >= 15 is 0 Å². The number of rotatable bonds is 5. The van der Waals surface area contributed by atoms with Crippen LogP contribution in [-0.2, 0) is 14.2 Å². The molecular formula is C13H20N4O9. The molecule has 0 spiro atoms. The molecule has 2 saturated heterocycles. The molecule has 0 aliphatic carbocycles. The second kappa shape index (κ2) is 7.50. The van der Waals surface area contributed by atoms with Gasteiger partial charge in [-0.15, -0.1) is 0 Å². The largest absolute Gasteiger partial charge is 0.394 e. The Balaban J connectivity index is 1.85. The van der Waals surface area contributed by atoms with Crippen molar-refractivity contribution in [2.75, 3.05) is 18.9 Å². The molecule has 0 saturated carbocycles. The number of nitrogen functional groups attached to an aromatic ring is 1. The zero-order chi connectivity index (χ0) is 19.0. The fourth-order valence-corrected chi connectivity index (χ4v) is 2.90. The fraction of sp³-hybridized carbons (Fsp3) is 0.769. The Morgan fingerprint density at radius 2 is 1.77 bits per heavy atom. The summed E-state index contributed by atoms with van der Waals surface area (Å²) in [6.07, 6.45) is -9.37. The van der Waals surface area contributed by atoms with Crippen molar-refractivity contribution in [1.29, 1.82) is 0 Å². The molecule has 26 heavy (non-hydrogen) atoms. The van der Waals surface area contributed by atoms with Gasteiger partial charge < -0.3 is 45.5 Å². The highest BCUT2D eigenvalue weighted by atomic mass is 16.7. The Morgan fingerprint density at radius 3 is 2.35 bits per heavy atom. The molecular weight excluding hydrogens is 356 g/mol. The first-order valence-corrected chi connectivity index (χ1v) is 7.80. The topological polar surface area (TPSA) is 203 Å². The van der Waals surface area contributed by atoms with Gasteiger partial charge in [0.1, 0.15) is 43.0 Å². The molecule has 2 aliphatic heterocycles. The second-order valence-corrected chi connectivity index (χ2v) is 5.95. The normalized spacial score (nSPS) is 40.2. The molecule has 3 rings (SSSR count). The number of hydrogen-bond acceptors (Lipinski definition) is 12. The lowest BCUT2D eigenvalue weighted by molar-refractivity contribution is -0.220. The molecule has 0 bridgehead atoms. The van der Waals surface area contributed by atoms with E-state index in [4.69, 9.17) is 25.1 Å². The van der Waals surface area contributed by atoms with E-state index < -0.39 is 68.0 Å². The minimum atomic E-state index is -1.51. The third-order valence-corrected chi connectivity index (χ3v) is 4.30. The van der Waals surface area contributed by atoms with Crippen LogP contribution in [0.1, 0.15) is 6.23 Å². The Hall–Kier alpha value is -1.71. The van der Waals surface area contributed by atoms with Crippen LogP contribution in [0.15, 0.2) is 11.1 Å². The SMILES string of the molecule is Nc1ncn([C@@H]2O[C@H](CO)[C@@H](O)[C@H]2O[C@@H]2O[C@H](CO)[C@@H](O)[C@H]2O)c(=O)n1. The van der Waals surface area contributed by atoms with Crippen molar-refractivity contribution in [3.8, 4) is 0 Å². The van der Waals surface area contributed by atoms with Crippen LogP contribution in [0.5, 0.6) is 0 Å². The van der Waals surface area contributed by atoms with E-state index in [-0.39, 0.29) is 5.95 Å². The maximum absolute atomic E-state index is 12.0. The summed E-state index contributed by atoms with van der Waals surface area (Å²) in [6.45, 7) is -1.13. The van der Waals surface area contributed by atoms with Gasteiger partial charge in [0.15, 0.2) is 12.5 Å². The molecule has 0 amide bonds. The molecule has 13 nitrogen and oxygen atoms in total. The maximum Gasteiger partial charge on any atom is 0.354 e. The molecule has 8 atom stereocenters. The van der Waals surface area contributed by atoms with Crippen LogP contribution in [0, 0.1) is 0 Å². The summed E-state index contributed by atoms with van der Waals surface area (Å²) in [5.41, 5.74) is 4.51. The van der Waals surface area contributed by atoms with Crippen LogP contribution in [0.3, 0.4) is 0 Å². The summed E-state index contributed by atoms with van der Waals surface area (Å²) in [4.78, 5) is 19.2. The average Bonchev–Trinajstić information content (AvgIpc) is 3.07. The first-order valence-electron chi connectivity index (χ1n) is 7.80. The quantitative estimate of drug-likeness (QED) is 0.287. The molecule has 146 valence electrons. The minimum Gasteiger partial charge on any atom is -0.394 e. The van der Waals surface area contributed by atoms with Crippen LogP contribution < -0.4 is 11.4 Å². The van der Waals surface area contributed by atoms with Gasteiger partial charge in [-0.3, -0.25) is 4.57 Å². The van der Waals surface area contributed by atoms with Crippen molar-refractivity contribution in [3.63, 3.8) is 0 Å². The van der Waals surface area contributed by atoms with Crippen molar-refractivity contribution in [2.45, 2.75) is 49.1 Å². The molecule has 0 aromatic carbocycles. The molecule has 1 aromatic rings. The van der Waals surface area contributed by atoms with E-state index in [9.17, 15) is 25.2 Å². The first-order chi connectivity index (χ1) is 12.4. The molecule has 1 aromatic heterocycles. The molecule has 2 fully saturated rings. The third-order valence-electron chi connectivity index (χ3n) is 4.30. The summed E-state index contributed by atoms with van der Waals surface area (Å²) in [5.74, 6) is -0.260. The number of aliphatic hydroxyl groups is 5. The van der Waals surface area contributed by atoms with Crippen molar-refractivity contribution in [2.24, 2.45) is 0 Å². The van der Waals surface area contributed by atoms with E-state index in [0.29, 0.717) is 0 Å². The van der Waals surface area contributed by atoms with Gasteiger partial charge in [-0.1, -0.05) is 0 Å². The van der Waals surface area contributed by atoms with Gasteiger partial charge >= 0.3 is 5.69 Å². The molecule has 0 radical (unpaired) electrons. The number of ether oxygens (including phenoxy) is 3. The monoisotopic (exact) mass is 376 g/mol. The van der Waals surface area contributed by atoms with Gasteiger partial charge in [0.25, 0.3) is 0 Å². The maximum atomic E-state index is 12.0. The van der Waals surface area contributed by atoms with Gasteiger partial charge in [0.2, 0.25) is 5.95 Å². The van der Waals surface area contributed by atoms with Crippen LogP contribution >= 0.6 is 0 Å². The Labute approximate surface area is 146 Å². The van der Waals surface area contributed by atoms with Gasteiger partial charge in [-0.25, -0.2) is 9.78 Å². The van der Waals surface area contributed by atoms with Gasteiger partial charge in [-0.2, -0.15) is 4.98 Å². The fourth-order valence-electron chi connectivity index (χ4n) is 2.90. The van der Waals surface area contributed by atoms with Crippen molar-refractivity contribution in [3.05, 3.63) is 16.8 Å². The van der Waals surface area contributed by atoms with Crippen LogP contribution in [0.4, 0.5) is 5.95 Å². The van der Waals surface area contributed by atoms with Crippen molar-refractivity contribution in [1.82, 2.24) is 14.5 Å². The predicted octanol–water partition coefficient (Wildman–Crippen LogP) is -4.70. The van der Waals surface area contributed by atoms with Gasteiger partial charge in [-0.05, 0) is 0 Å². The van der Waals surface area contributed by atoms with Crippen LogP contribution in [0.2, 0.25) is 0 Å². The lowest BCUT2D eigenvalue weighted by Crippen LogP contribution is -2.43. The predicted molar refractivity (Wildman–Crippen MR) is 80.3 cm³/mol. The summed E-state index contributed by atoms with van der Waals surface area (Å²) < 4.78 is 17.1. The highest BCUT2D eigenvalue weighted by Crippen LogP contribution is 2.34. The van der Waals surface area contributed by atoms with Crippen LogP contribution in [-0.4, -0.2) is 96.2 Å². The smallest absolute Gasteiger partial charge is 0.354 e. The zero-order valence-electron chi connectivity index (χ0n) is 13.4. The Kier molecular flexibility index (Phi) is 5.50. The van der Waals surface area contributed by atoms with E-state index in [1.165, 1.54) is 0 Å². The molecule has 0 unspecified atom stereocenters. The number of nitrogens with two attached hydrogens (primary N) is 1. The van der Waals surface area contributed by atoms with Gasteiger partial charge in [0, 0.05) is 0 Å². The van der Waals surface area contributed by atoms with E-state index in [0.717, 1.165) is 10.9 Å². The lowest BCUT2D eigenvalue weighted by Gasteiger charge is -2.26. The lowest BCUT2D eigenvalue weighted by atomic mass is 10.1. The summed E-state index contributed by atoms with van der Waals surface area (Å²) in [5, 5.41) is 48.6. The summed E-state index contributed by atoms with van der Waals surface area (Å²) in [7, 11) is 0. The van der Waals surface area contributed by atoms with Gasteiger partial charge in [0.05, 0.1) is 13.2 Å². The molecule has 13 heteroatoms. The minimum absolute atomic E-state index is 0.260. The molecule has 2 aliphatic rings. The van der Waals surface area contributed by atoms with E-state index in [1.54, 1.807) is 0 Å². The third kappa shape index (κ3) is 3.30. The number of aliphatic hydroxyl groups excluding tert-OH is 5. The highest BCUT2D eigenvalue weighted by Gasteiger charge is 2.51. The summed E-state index contributed by atoms with van der Waals surface area (Å²) in [6, 6.07) is 0. The standard InChI is InChI=1S/C13H20N4O9/c14-12-15-3-17(13(23)16-12)10-9(7(21)5(2-19)24-10)26-11-8(22)6(20)4(1-18)25-11/h3-11,18-22H,1-2H2,(H2,14,16,23)/t4-,5-,6-,7-,8-,9-,10-,11+/m1/s1. The Bertz CT molecular complexity index is 688. The molecule has 7 N–H and O–H groups in total. The Morgan fingerprint density at radius 1 is 1.12 bits per heavy atom. The summed E-state index contributed by atoms with van der Waals surface area (Å²) >= 11 is 0. The number of aromatic nitrogens is 3. The number of nitrogens with zero attached hydrogens (tertiary/aromatic N) is 3. The second-order valence-electron chi connectivity index (χ2n) is 5.95.